The molecule has 0 fully saturated rings. The largest absolute Gasteiger partial charge is 0.425 e. The van der Waals surface area contributed by atoms with Crippen LogP contribution in [0.1, 0.15) is 47.3 Å². The molecule has 3 amide bonds. The van der Waals surface area contributed by atoms with E-state index in [0.717, 1.165) is 36.3 Å². The van der Waals surface area contributed by atoms with E-state index in [0.29, 0.717) is 48.8 Å². The average molecular weight is 696 g/mol. The number of likely N-dealkylation sites (N-methyl/N-ethyl adjacent to an activating group) is 2. The van der Waals surface area contributed by atoms with Gasteiger partial charge >= 0.3 is 6.09 Å². The summed E-state index contributed by atoms with van der Waals surface area (Å²) in [6.45, 7) is 12.2. The van der Waals surface area contributed by atoms with Crippen LogP contribution in [0.15, 0.2) is 79.0 Å². The molecule has 51 heavy (non-hydrogen) atoms. The van der Waals surface area contributed by atoms with Crippen LogP contribution in [0.4, 0.5) is 27.9 Å². The normalized spacial score (nSPS) is 10.9. The number of methoxy groups -OCH3 is 1. The third-order valence-electron chi connectivity index (χ3n) is 8.47. The highest BCUT2D eigenvalue weighted by Crippen LogP contribution is 2.30. The molecule has 0 saturated heterocycles. The number of ether oxygens (including phenoxy) is 2. The number of nitrogens with zero attached hydrogens (tertiary/aromatic N) is 5. The van der Waals surface area contributed by atoms with Gasteiger partial charge in [0.15, 0.2) is 0 Å². The Hall–Kier alpha value is -5.33. The van der Waals surface area contributed by atoms with Gasteiger partial charge in [-0.1, -0.05) is 44.2 Å². The van der Waals surface area contributed by atoms with Gasteiger partial charge in [0.1, 0.15) is 11.6 Å². The number of para-hydroxylation sites is 1. The number of hydrogen-bond donors (Lipinski definition) is 2. The highest BCUT2D eigenvalue weighted by molar-refractivity contribution is 5.97. The Labute approximate surface area is 300 Å². The number of aryl methyl sites for hydroxylation is 3. The van der Waals surface area contributed by atoms with Gasteiger partial charge in [-0.3, -0.25) is 9.59 Å². The quantitative estimate of drug-likeness (QED) is 0.123. The van der Waals surface area contributed by atoms with E-state index in [9.17, 15) is 14.4 Å². The van der Waals surface area contributed by atoms with E-state index >= 15 is 0 Å². The van der Waals surface area contributed by atoms with Crippen molar-refractivity contribution < 1.29 is 23.9 Å². The van der Waals surface area contributed by atoms with Gasteiger partial charge in [-0.15, -0.1) is 0 Å². The van der Waals surface area contributed by atoms with Crippen molar-refractivity contribution in [2.45, 2.75) is 40.5 Å². The van der Waals surface area contributed by atoms with Gasteiger partial charge in [-0.05, 0) is 86.4 Å². The van der Waals surface area contributed by atoms with Crippen molar-refractivity contribution in [2.75, 3.05) is 63.7 Å². The van der Waals surface area contributed by atoms with E-state index in [1.54, 1.807) is 54.6 Å². The molecule has 0 aliphatic heterocycles. The predicted molar refractivity (Wildman–Crippen MR) is 200 cm³/mol. The first-order chi connectivity index (χ1) is 24.6. The topological polar surface area (TPSA) is 129 Å². The Kier molecular flexibility index (Phi) is 14.5. The molecule has 4 rings (SSSR count). The second-order valence-electron chi connectivity index (χ2n) is 12.1. The minimum atomic E-state index is -0.653. The molecule has 0 spiro atoms. The lowest BCUT2D eigenvalue weighted by Gasteiger charge is -2.23. The van der Waals surface area contributed by atoms with Crippen LogP contribution < -0.4 is 20.3 Å². The molecule has 0 bridgehead atoms. The van der Waals surface area contributed by atoms with Crippen LogP contribution in [0.25, 0.3) is 0 Å². The third kappa shape index (κ3) is 11.1. The van der Waals surface area contributed by atoms with Gasteiger partial charge in [-0.25, -0.2) is 14.7 Å². The zero-order valence-electron chi connectivity index (χ0n) is 30.4. The third-order valence-corrected chi connectivity index (χ3v) is 8.47. The maximum Gasteiger partial charge on any atom is 0.425 e. The van der Waals surface area contributed by atoms with Gasteiger partial charge in [0.25, 0.3) is 5.91 Å². The van der Waals surface area contributed by atoms with Crippen molar-refractivity contribution in [2.24, 2.45) is 0 Å². The SMILES string of the molecule is CCN(CC)CCN(C)C(=O)c1ccc(Nc2nccc(N(C(=O)Oc3c(C)cccc3C)c3cccc(CCC(=O)NCCOC)c3)n2)cc1. The molecule has 4 aromatic rings. The fourth-order valence-corrected chi connectivity index (χ4v) is 5.43. The smallest absolute Gasteiger partial charge is 0.409 e. The van der Waals surface area contributed by atoms with Gasteiger partial charge in [0.05, 0.1) is 12.3 Å². The maximum absolute atomic E-state index is 14.0. The number of nitrogens with one attached hydrogen (secondary N) is 2. The molecule has 12 heteroatoms. The van der Waals surface area contributed by atoms with Crippen LogP contribution in [0.5, 0.6) is 5.75 Å². The lowest BCUT2D eigenvalue weighted by atomic mass is 10.1. The summed E-state index contributed by atoms with van der Waals surface area (Å²) in [5.41, 5.74) is 4.26. The van der Waals surface area contributed by atoms with Crippen molar-refractivity contribution in [3.8, 4) is 5.75 Å². The number of amides is 3. The van der Waals surface area contributed by atoms with Crippen molar-refractivity contribution in [1.82, 2.24) is 25.1 Å². The van der Waals surface area contributed by atoms with Gasteiger partial charge in [0, 0.05) is 63.7 Å². The Morgan fingerprint density at radius 1 is 0.882 bits per heavy atom. The summed E-state index contributed by atoms with van der Waals surface area (Å²) in [4.78, 5) is 53.8. The maximum atomic E-state index is 14.0. The van der Waals surface area contributed by atoms with Gasteiger partial charge in [0.2, 0.25) is 11.9 Å². The molecule has 3 aromatic carbocycles. The first-order valence-electron chi connectivity index (χ1n) is 17.2. The zero-order valence-corrected chi connectivity index (χ0v) is 30.4. The Bertz CT molecular complexity index is 1740. The van der Waals surface area contributed by atoms with Crippen molar-refractivity contribution in [1.29, 1.82) is 0 Å². The molecule has 1 aromatic heterocycles. The molecular formula is C39H49N7O5. The summed E-state index contributed by atoms with van der Waals surface area (Å²) >= 11 is 0. The minimum absolute atomic E-state index is 0.0565. The van der Waals surface area contributed by atoms with Crippen molar-refractivity contribution in [3.05, 3.63) is 101 Å². The van der Waals surface area contributed by atoms with E-state index in [1.165, 1.54) is 4.90 Å². The predicted octanol–water partition coefficient (Wildman–Crippen LogP) is 6.28. The standard InChI is InChI=1S/C39H49N7O5/c1-7-45(8-2)25-24-44(5)37(48)31-16-18-32(19-17-31)42-38-41-22-21-34(43-38)46(39(49)51-36-28(3)11-9-12-29(36)4)33-14-10-13-30(27-33)15-20-35(47)40-23-26-50-6/h9-14,16-19,21-22,27H,7-8,15,20,23-26H2,1-6H3,(H,40,47)(H,41,42,43). The van der Waals surface area contributed by atoms with Crippen molar-refractivity contribution in [3.63, 3.8) is 0 Å². The minimum Gasteiger partial charge on any atom is -0.409 e. The Balaban J connectivity index is 1.56. The molecule has 0 atom stereocenters. The summed E-state index contributed by atoms with van der Waals surface area (Å²) in [7, 11) is 3.40. The van der Waals surface area contributed by atoms with Crippen LogP contribution in [-0.4, -0.2) is 91.2 Å². The zero-order chi connectivity index (χ0) is 36.8. The summed E-state index contributed by atoms with van der Waals surface area (Å²) in [6, 6.07) is 21.8. The van der Waals surface area contributed by atoms with Crippen LogP contribution in [-0.2, 0) is 16.0 Å². The Morgan fingerprint density at radius 3 is 2.27 bits per heavy atom. The van der Waals surface area contributed by atoms with E-state index in [1.807, 2.05) is 57.3 Å². The number of carbonyl (C=O) groups excluding carboxylic acids is 3. The second kappa shape index (κ2) is 19.2. The summed E-state index contributed by atoms with van der Waals surface area (Å²) < 4.78 is 11.0. The fraction of sp³-hybridized carbons (Fsp3) is 0.359. The fourth-order valence-electron chi connectivity index (χ4n) is 5.43. The summed E-state index contributed by atoms with van der Waals surface area (Å²) in [5, 5.41) is 6.02. The molecule has 0 saturated carbocycles. The number of anilines is 4. The highest BCUT2D eigenvalue weighted by Gasteiger charge is 2.24. The van der Waals surface area contributed by atoms with E-state index in [2.05, 4.69) is 39.3 Å². The molecule has 0 aliphatic carbocycles. The Morgan fingerprint density at radius 2 is 1.59 bits per heavy atom. The number of hydrogen-bond acceptors (Lipinski definition) is 9. The second-order valence-corrected chi connectivity index (χ2v) is 12.1. The van der Waals surface area contributed by atoms with E-state index in [4.69, 9.17) is 9.47 Å². The van der Waals surface area contributed by atoms with Crippen LogP contribution in [0.3, 0.4) is 0 Å². The molecular weight excluding hydrogens is 646 g/mol. The molecule has 270 valence electrons. The molecule has 12 nitrogen and oxygen atoms in total. The lowest BCUT2D eigenvalue weighted by molar-refractivity contribution is -0.121. The molecule has 0 unspecified atom stereocenters. The highest BCUT2D eigenvalue weighted by atomic mass is 16.6. The molecule has 0 aliphatic rings. The number of carbonyl (C=O) groups is 3. The number of benzene rings is 3. The first kappa shape index (κ1) is 38.5. The lowest BCUT2D eigenvalue weighted by Crippen LogP contribution is -2.36. The molecule has 2 N–H and O–H groups in total. The number of aromatic nitrogens is 2. The van der Waals surface area contributed by atoms with E-state index < -0.39 is 6.09 Å². The molecule has 1 heterocycles. The van der Waals surface area contributed by atoms with Crippen LogP contribution >= 0.6 is 0 Å². The van der Waals surface area contributed by atoms with Crippen LogP contribution in [0, 0.1) is 13.8 Å². The summed E-state index contributed by atoms with van der Waals surface area (Å²) in [5.74, 6) is 0.850. The van der Waals surface area contributed by atoms with Crippen LogP contribution in [0.2, 0.25) is 0 Å². The number of rotatable bonds is 17. The first-order valence-corrected chi connectivity index (χ1v) is 17.2. The van der Waals surface area contributed by atoms with Gasteiger partial charge in [-0.2, -0.15) is 4.98 Å². The summed E-state index contributed by atoms with van der Waals surface area (Å²) in [6.07, 6.45) is 1.65. The monoisotopic (exact) mass is 695 g/mol. The van der Waals surface area contributed by atoms with E-state index in [-0.39, 0.29) is 30.0 Å². The average Bonchev–Trinajstić information content (AvgIpc) is 3.13. The molecule has 0 radical (unpaired) electrons. The van der Waals surface area contributed by atoms with Crippen molar-refractivity contribution >= 4 is 41.0 Å². The van der Waals surface area contributed by atoms with Gasteiger partial charge < -0.3 is 29.9 Å².